The number of rotatable bonds is 10. The number of unbranched alkanes of at least 4 members (excludes halogenated alkanes) is 2. The number of nitrogens with zero attached hydrogens (tertiary/aromatic N) is 4. The first-order chi connectivity index (χ1) is 17.1. The summed E-state index contributed by atoms with van der Waals surface area (Å²) in [6.45, 7) is 9.36. The lowest BCUT2D eigenvalue weighted by molar-refractivity contribution is -0.102. The van der Waals surface area contributed by atoms with Crippen LogP contribution in [0.3, 0.4) is 0 Å². The molecule has 9 heteroatoms. The first kappa shape index (κ1) is 23.8. The van der Waals surface area contributed by atoms with E-state index in [0.717, 1.165) is 73.9 Å². The fourth-order valence-electron chi connectivity index (χ4n) is 5.35. The Labute approximate surface area is 207 Å². The first-order valence-corrected chi connectivity index (χ1v) is 12.6. The van der Waals surface area contributed by atoms with E-state index in [1.54, 1.807) is 7.11 Å². The molecule has 2 aliphatic heterocycles. The summed E-state index contributed by atoms with van der Waals surface area (Å²) in [6, 6.07) is 8.55. The lowest BCUT2D eigenvalue weighted by Crippen LogP contribution is -2.64. The Bertz CT molecular complexity index is 1150. The summed E-state index contributed by atoms with van der Waals surface area (Å²) in [4.78, 5) is 11.4. The van der Waals surface area contributed by atoms with Crippen molar-refractivity contribution in [2.24, 2.45) is 5.41 Å². The maximum absolute atomic E-state index is 5.97. The van der Waals surface area contributed by atoms with Gasteiger partial charge < -0.3 is 25.1 Å². The zero-order valence-corrected chi connectivity index (χ0v) is 20.8. The van der Waals surface area contributed by atoms with E-state index in [1.165, 1.54) is 18.4 Å². The molecule has 0 atom stereocenters. The van der Waals surface area contributed by atoms with Gasteiger partial charge in [0, 0.05) is 49.9 Å². The van der Waals surface area contributed by atoms with E-state index in [2.05, 4.69) is 55.2 Å². The molecule has 2 saturated heterocycles. The summed E-state index contributed by atoms with van der Waals surface area (Å²) in [5, 5.41) is 6.82. The predicted octanol–water partition coefficient (Wildman–Crippen LogP) is 3.05. The van der Waals surface area contributed by atoms with Crippen molar-refractivity contribution in [2.45, 2.75) is 39.3 Å². The molecule has 4 N–H and O–H groups in total. The highest BCUT2D eigenvalue weighted by atomic mass is 16.5. The molecular weight excluding hydrogens is 442 g/mol. The average molecular weight is 480 g/mol. The first-order valence-electron chi connectivity index (χ1n) is 12.6. The maximum Gasteiger partial charge on any atom is 0.222 e. The van der Waals surface area contributed by atoms with Crippen molar-refractivity contribution in [2.75, 3.05) is 57.7 Å². The van der Waals surface area contributed by atoms with Gasteiger partial charge >= 0.3 is 0 Å². The number of hydrogen-bond acceptors (Lipinski definition) is 8. The maximum atomic E-state index is 5.97. The predicted molar refractivity (Wildman–Crippen MR) is 139 cm³/mol. The van der Waals surface area contributed by atoms with Crippen LogP contribution in [0.25, 0.3) is 11.0 Å². The summed E-state index contributed by atoms with van der Waals surface area (Å²) in [7, 11) is 1.74. The summed E-state index contributed by atoms with van der Waals surface area (Å²) < 4.78 is 13.6. The molecule has 2 aliphatic rings. The molecule has 35 heavy (non-hydrogen) atoms. The number of benzene rings is 1. The number of methoxy groups -OCH3 is 1. The number of likely N-dealkylation sites (tertiary alicyclic amines) is 1. The van der Waals surface area contributed by atoms with Gasteiger partial charge in [0.25, 0.3) is 0 Å². The number of ether oxygens (including phenoxy) is 2. The minimum absolute atomic E-state index is 0.283. The fraction of sp³-hybridized carbons (Fsp3) is 0.538. The van der Waals surface area contributed by atoms with Crippen LogP contribution >= 0.6 is 0 Å². The van der Waals surface area contributed by atoms with Crippen LogP contribution in [0, 0.1) is 5.41 Å². The van der Waals surface area contributed by atoms with E-state index < -0.39 is 0 Å². The van der Waals surface area contributed by atoms with Gasteiger partial charge in [0.15, 0.2) is 5.82 Å². The number of nitrogen functional groups attached to an aromatic ring is 1. The molecule has 5 rings (SSSR count). The highest BCUT2D eigenvalue weighted by Crippen LogP contribution is 2.34. The van der Waals surface area contributed by atoms with Crippen LogP contribution < -0.4 is 21.1 Å². The molecule has 1 aromatic carbocycles. The van der Waals surface area contributed by atoms with Crippen LogP contribution in [0.4, 0.5) is 11.8 Å². The molecule has 0 radical (unpaired) electrons. The van der Waals surface area contributed by atoms with Gasteiger partial charge in [-0.25, -0.2) is 4.98 Å². The number of hydrogen-bond donors (Lipinski definition) is 3. The van der Waals surface area contributed by atoms with Crippen LogP contribution in [0.2, 0.25) is 0 Å². The number of nitrogens with one attached hydrogen (secondary N) is 2. The quantitative estimate of drug-likeness (QED) is 0.382. The van der Waals surface area contributed by atoms with Crippen LogP contribution in [0.15, 0.2) is 30.5 Å². The third-order valence-corrected chi connectivity index (χ3v) is 7.03. The Kier molecular flexibility index (Phi) is 7.08. The molecule has 1 spiro atoms. The smallest absolute Gasteiger partial charge is 0.222 e. The highest BCUT2D eigenvalue weighted by molar-refractivity contribution is 5.87. The van der Waals surface area contributed by atoms with Gasteiger partial charge in [-0.3, -0.25) is 10.2 Å². The Morgan fingerprint density at radius 2 is 2.09 bits per heavy atom. The molecule has 0 bridgehead atoms. The van der Waals surface area contributed by atoms with Crippen LogP contribution in [-0.4, -0.2) is 66.1 Å². The highest BCUT2D eigenvalue weighted by Gasteiger charge is 2.44. The largest absolute Gasteiger partial charge is 0.496 e. The molecule has 0 unspecified atom stereocenters. The van der Waals surface area contributed by atoms with Crippen molar-refractivity contribution in [3.05, 3.63) is 41.6 Å². The lowest BCUT2D eigenvalue weighted by atomic mass is 9.79. The SMILES string of the molecule is CCCCCNc1nc(N)nc2ccn(Cc3ccc(CN4CC5(CNCOC5)C4)cc3OC)c12. The Morgan fingerprint density at radius 1 is 1.20 bits per heavy atom. The van der Waals surface area contributed by atoms with E-state index in [1.807, 2.05) is 12.3 Å². The third-order valence-electron chi connectivity index (χ3n) is 7.03. The molecule has 2 fully saturated rings. The molecule has 3 aromatic rings. The van der Waals surface area contributed by atoms with Gasteiger partial charge in [-0.05, 0) is 24.1 Å². The average Bonchev–Trinajstić information content (AvgIpc) is 3.24. The number of fused-ring (bicyclic) bond motifs is 1. The summed E-state index contributed by atoms with van der Waals surface area (Å²) in [5.74, 6) is 1.98. The zero-order valence-electron chi connectivity index (χ0n) is 20.8. The van der Waals surface area contributed by atoms with Gasteiger partial charge in [0.1, 0.15) is 11.3 Å². The van der Waals surface area contributed by atoms with Gasteiger partial charge in [0.05, 0.1) is 32.5 Å². The monoisotopic (exact) mass is 479 g/mol. The Balaban J connectivity index is 1.30. The molecule has 0 saturated carbocycles. The molecule has 0 aliphatic carbocycles. The minimum atomic E-state index is 0.283. The lowest BCUT2D eigenvalue weighted by Gasteiger charge is -2.52. The number of aromatic nitrogens is 3. The molecular formula is C26H37N7O2. The summed E-state index contributed by atoms with van der Waals surface area (Å²) in [5.41, 5.74) is 10.5. The van der Waals surface area contributed by atoms with Crippen molar-refractivity contribution >= 4 is 22.8 Å². The molecule has 0 amide bonds. The van der Waals surface area contributed by atoms with E-state index in [4.69, 9.17) is 15.2 Å². The topological polar surface area (TPSA) is 102 Å². The van der Waals surface area contributed by atoms with Gasteiger partial charge in [0.2, 0.25) is 5.95 Å². The van der Waals surface area contributed by atoms with E-state index in [0.29, 0.717) is 19.2 Å². The van der Waals surface area contributed by atoms with Gasteiger partial charge in [-0.2, -0.15) is 4.98 Å². The van der Waals surface area contributed by atoms with Crippen LogP contribution in [0.1, 0.15) is 37.3 Å². The fourth-order valence-corrected chi connectivity index (χ4v) is 5.35. The Hall–Kier alpha value is -2.88. The van der Waals surface area contributed by atoms with Crippen LogP contribution in [-0.2, 0) is 17.8 Å². The zero-order chi connectivity index (χ0) is 24.3. The van der Waals surface area contributed by atoms with Gasteiger partial charge in [-0.1, -0.05) is 31.9 Å². The number of anilines is 2. The molecule has 4 heterocycles. The Morgan fingerprint density at radius 3 is 2.86 bits per heavy atom. The second kappa shape index (κ2) is 10.4. The van der Waals surface area contributed by atoms with Crippen molar-refractivity contribution in [3.63, 3.8) is 0 Å². The number of nitrogens with two attached hydrogens (primary N) is 1. The second-order valence-corrected chi connectivity index (χ2v) is 9.95. The summed E-state index contributed by atoms with van der Waals surface area (Å²) >= 11 is 0. The minimum Gasteiger partial charge on any atom is -0.496 e. The van der Waals surface area contributed by atoms with Crippen molar-refractivity contribution < 1.29 is 9.47 Å². The standard InChI is InChI=1S/C26H37N7O2/c1-3-4-5-9-29-24-23-21(30-25(27)31-24)8-10-33(23)13-20-7-6-19(11-22(20)34-2)12-32-15-26(16-32)14-28-18-35-17-26/h6-8,10-11,28H,3-5,9,12-18H2,1-2H3,(H3,27,29,30,31). The van der Waals surface area contributed by atoms with Crippen molar-refractivity contribution in [1.82, 2.24) is 24.8 Å². The molecule has 9 nitrogen and oxygen atoms in total. The second-order valence-electron chi connectivity index (χ2n) is 9.95. The van der Waals surface area contributed by atoms with Crippen LogP contribution in [0.5, 0.6) is 5.75 Å². The molecule has 2 aromatic heterocycles. The van der Waals surface area contributed by atoms with Crippen molar-refractivity contribution in [1.29, 1.82) is 0 Å². The van der Waals surface area contributed by atoms with Crippen molar-refractivity contribution in [3.8, 4) is 5.75 Å². The van der Waals surface area contributed by atoms with E-state index in [9.17, 15) is 0 Å². The molecule has 188 valence electrons. The normalized spacial score (nSPS) is 17.5. The van der Waals surface area contributed by atoms with E-state index >= 15 is 0 Å². The van der Waals surface area contributed by atoms with E-state index in [-0.39, 0.29) is 5.41 Å². The van der Waals surface area contributed by atoms with Gasteiger partial charge in [-0.15, -0.1) is 0 Å². The third kappa shape index (κ3) is 5.22. The summed E-state index contributed by atoms with van der Waals surface area (Å²) in [6.07, 6.45) is 5.51.